The Labute approximate surface area is 569 Å². The molecule has 0 atom stereocenters. The number of benzene rings is 3. The molecule has 0 aliphatic carbocycles. The molecule has 0 bridgehead atoms. The van der Waals surface area contributed by atoms with Crippen molar-refractivity contribution in [1.29, 1.82) is 15.8 Å². The number of aromatic nitrogens is 6. The molecule has 15 nitrogen and oxygen atoms in total. The normalized spacial score (nSPS) is 33.1. The van der Waals surface area contributed by atoms with Crippen LogP contribution in [0.15, 0.2) is 85.4 Å². The van der Waals surface area contributed by atoms with Gasteiger partial charge in [0.25, 0.3) is 0 Å². The third-order valence-electron chi connectivity index (χ3n) is 10.2. The van der Waals surface area contributed by atoms with Gasteiger partial charge in [0.1, 0.15) is 65.5 Å². The molecule has 3 fully saturated rings. The first-order valence-corrected chi connectivity index (χ1v) is 26.0. The summed E-state index contributed by atoms with van der Waals surface area (Å²) < 4.78 is 419. The second-order valence-electron chi connectivity index (χ2n) is 15.6. The summed E-state index contributed by atoms with van der Waals surface area (Å²) in [5, 5.41) is 26.3. The predicted octanol–water partition coefficient (Wildman–Crippen LogP) is 13.9. The van der Waals surface area contributed by atoms with Gasteiger partial charge in [-0.05, 0) is 129 Å². The van der Waals surface area contributed by atoms with Gasteiger partial charge in [-0.15, -0.1) is 34.0 Å². The molecule has 3 saturated heterocycles. The lowest BCUT2D eigenvalue weighted by molar-refractivity contribution is 0.211. The lowest BCUT2D eigenvalue weighted by Crippen LogP contribution is -2.38. The monoisotopic (exact) mass is 1260 g/mol. The highest BCUT2D eigenvalue weighted by Crippen LogP contribution is 2.35. The van der Waals surface area contributed by atoms with Gasteiger partial charge in [0, 0.05) is 118 Å². The van der Waals surface area contributed by atoms with Crippen LogP contribution in [0.3, 0.4) is 0 Å². The highest BCUT2D eigenvalue weighted by molar-refractivity contribution is 7.23. The van der Waals surface area contributed by atoms with Crippen molar-refractivity contribution in [3.8, 4) is 18.2 Å². The summed E-state index contributed by atoms with van der Waals surface area (Å²) >= 11 is 20.1. The minimum atomic E-state index is -4.14. The van der Waals surface area contributed by atoms with Gasteiger partial charge in [-0.2, -0.15) is 15.8 Å². The van der Waals surface area contributed by atoms with Crippen LogP contribution in [-0.2, 0) is 19.5 Å². The van der Waals surface area contributed by atoms with Crippen LogP contribution in [0.4, 0.5) is 21.8 Å². The first-order chi connectivity index (χ1) is 58.1. The molecule has 3 aliphatic rings. The van der Waals surface area contributed by atoms with Crippen molar-refractivity contribution in [2.75, 3.05) is 54.9 Å². The number of nitrogens with zero attached hydrogens (tertiary/aromatic N) is 12. The molecule has 9 heterocycles. The van der Waals surface area contributed by atoms with Crippen molar-refractivity contribution < 1.29 is 68.9 Å². The first kappa shape index (κ1) is 24.1. The molecule has 0 amide bonds. The third kappa shape index (κ3) is 14.7. The second kappa shape index (κ2) is 27.2. The van der Waals surface area contributed by atoms with Crippen LogP contribution >= 0.6 is 68.8 Å². The van der Waals surface area contributed by atoms with Crippen molar-refractivity contribution in [1.82, 2.24) is 44.6 Å². The predicted molar refractivity (Wildman–Crippen MR) is 331 cm³/mol. The van der Waals surface area contributed by atoms with E-state index in [9.17, 15) is 20.2 Å². The summed E-state index contributed by atoms with van der Waals surface area (Å²) in [6.45, 7) is -31.9. The molecule has 3 aromatic carbocycles. The van der Waals surface area contributed by atoms with Gasteiger partial charge in [-0.25, -0.2) is 34.3 Å². The van der Waals surface area contributed by atoms with E-state index in [1.807, 2.05) is 0 Å². The van der Waals surface area contributed by atoms with Crippen molar-refractivity contribution >= 4 is 117 Å². The van der Waals surface area contributed by atoms with Crippen LogP contribution in [0.2, 0.25) is 17.2 Å². The topological polar surface area (TPSA) is 195 Å². The number of anilines is 3. The van der Waals surface area contributed by atoms with Crippen molar-refractivity contribution in [2.45, 2.75) is 96.6 Å². The fourth-order valence-corrected chi connectivity index (χ4v) is 9.32. The molecule has 6 aromatic heterocycles. The average molecular weight is 1260 g/mol. The zero-order valence-corrected chi connectivity index (χ0v) is 45.9. The molecular weight excluding hydrogens is 1150 g/mol. The number of halogens is 4. The minimum Gasteiger partial charge on any atom is -0.367 e. The Bertz CT molecular complexity index is 6210. The minimum absolute atomic E-state index is 0.00428. The maximum atomic E-state index is 14.6. The molecule has 12 rings (SSSR count). The van der Waals surface area contributed by atoms with Crippen LogP contribution in [-0.4, -0.2) is 102 Å². The molecule has 0 saturated carbocycles. The van der Waals surface area contributed by atoms with Gasteiger partial charge in [0.2, 0.25) is 0 Å². The van der Waals surface area contributed by atoms with Crippen LogP contribution in [0.25, 0.3) is 30.6 Å². The van der Waals surface area contributed by atoms with E-state index < -0.39 is 269 Å². The molecule has 82 heavy (non-hydrogen) atoms. The number of hydrogen-bond acceptors (Lipinski definition) is 18. The fraction of sp³-hybridized carbons (Fsp3) is 0.350. The second-order valence-corrected chi connectivity index (χ2v) is 20.4. The van der Waals surface area contributed by atoms with E-state index >= 15 is 0 Å². The van der Waals surface area contributed by atoms with E-state index in [1.54, 1.807) is 12.1 Å². The lowest BCUT2D eigenvalue weighted by Gasteiger charge is -2.32. The highest BCUT2D eigenvalue weighted by atomic mass is 35.5. The molecule has 3 aliphatic heterocycles. The Kier molecular flexibility index (Phi) is 7.99. The number of aryl methyl sites for hydroxylation is 2. The van der Waals surface area contributed by atoms with Crippen LogP contribution in [0.1, 0.15) is 149 Å². The SMILES string of the molecule is [2H]c1cc(C)c(C#N)c([2H])c1C([2H])([2H])N1C([2H])([2H])C([2H])([2H])C([2H])(N([2H])c2ncnc3sc(Cl)c([2H])c23)C([2H])([2H])C1([2H])[2H].[2H]c1nc(N([2H])C2([2H])C([2H])([2H])C([2H])([2H])N(C([2H])([2H])c3c([2H])c(C)c(F)c(C#N)c3[2H])C([2H])([2H])C2([2H])[2H])c2c([2H])c(Cl)sc2n1.[2H]c1nc(N([2H])C2([2H])C([2H])([2H])C([2H])([2H])N(C([2H])([2H])c3c([2H])cc(C)c(C#N)c3[2H])C([2H])([2H])C2([2H])[2H])c2c([2H])c(Cl)sc2n1. The molecule has 3 N–H and O–H groups in total. The van der Waals surface area contributed by atoms with E-state index in [1.165, 1.54) is 19.9 Å². The van der Waals surface area contributed by atoms with Gasteiger partial charge in [-0.1, -0.05) is 65.1 Å². The van der Waals surface area contributed by atoms with Gasteiger partial charge in [-0.3, -0.25) is 14.7 Å². The van der Waals surface area contributed by atoms with Gasteiger partial charge >= 0.3 is 0 Å². The number of thiophene rings is 3. The Morgan fingerprint density at radius 1 is 0.561 bits per heavy atom. The Morgan fingerprint density at radius 2 is 0.927 bits per heavy atom. The summed E-state index contributed by atoms with van der Waals surface area (Å²) in [6.07, 6.45) is -25.2. The molecule has 0 unspecified atom stereocenters. The van der Waals surface area contributed by atoms with Crippen LogP contribution in [0.5, 0.6) is 0 Å². The fourth-order valence-electron chi connectivity index (χ4n) is 6.41. The standard InChI is InChI=1S/C20H19ClFN5S.2C20H20ClN5S/c1-12-6-13(7-14(9-23)18(12)22)10-27-4-2-15(3-5-27)26-19-16-8-17(21)28-20(16)25-11-24-19;2*1-13-2-3-14(8-15(13)10-22)11-26-6-4-16(5-7-26)25-19-17-9-18(21)27-20(17)24-12-23-19/h6-8,11,15H,2-5,10H2,1H3,(H,24,25,26);2*2-3,8-9,12,16H,4-7,11H2,1H3,(H,23,24,25)/i2D2,3D2,4D2,5D2,6D,7D,8D,10D2,11D,15D;3D,4D2,5D2,6D2,7D2,8D,9D,11D2,12D,16D;3D,4D2,5D2,6D2,7D2,8D,9D,11D2,16D/hD3. The number of rotatable bonds is 12. The Hall–Kier alpha value is -6.67. The highest BCUT2D eigenvalue weighted by Gasteiger charge is 2.25. The van der Waals surface area contributed by atoms with Crippen molar-refractivity contribution in [2.24, 2.45) is 0 Å². The van der Waals surface area contributed by atoms with Crippen molar-refractivity contribution in [3.05, 3.63) is 154 Å². The summed E-state index contributed by atoms with van der Waals surface area (Å²) in [5.41, 5.74) is -5.84. The number of hydrogen-bond donors (Lipinski definition) is 3. The van der Waals surface area contributed by atoms with Gasteiger partial charge in [0.15, 0.2) is 4.24 Å². The summed E-state index contributed by atoms with van der Waals surface area (Å²) in [5.74, 6) is -4.01. The molecule has 420 valence electrons. The van der Waals surface area contributed by atoms with Crippen LogP contribution < -0.4 is 15.9 Å². The first-order valence-electron chi connectivity index (χ1n) is 45.8. The molecule has 0 radical (unpaired) electrons. The smallest absolute Gasteiger partial charge is 0.162 e. The number of likely N-dealkylation sites (tertiary alicyclic amines) is 3. The summed E-state index contributed by atoms with van der Waals surface area (Å²) in [4.78, 5) is 20.5. The van der Waals surface area contributed by atoms with E-state index in [0.29, 0.717) is 22.7 Å². The number of fused-ring (bicyclic) bond motifs is 3. The summed E-state index contributed by atoms with van der Waals surface area (Å²) in [6, 6.07) is -12.7. The van der Waals surface area contributed by atoms with E-state index in [0.717, 1.165) is 36.7 Å². The lowest BCUT2D eigenvalue weighted by atomic mass is 10.0. The van der Waals surface area contributed by atoms with E-state index in [4.69, 9.17) is 99.4 Å². The maximum Gasteiger partial charge on any atom is 0.162 e. The third-order valence-corrected chi connectivity index (χ3v) is 13.5. The van der Waals surface area contributed by atoms with Crippen molar-refractivity contribution in [3.63, 3.8) is 0 Å². The molecule has 9 aromatic rings. The maximum absolute atomic E-state index is 14.6. The van der Waals surface area contributed by atoms with Crippen LogP contribution in [0, 0.1) is 60.6 Å². The zero-order chi connectivity index (χ0) is 99.1. The molecule has 0 spiro atoms. The Balaban J connectivity index is 0.000000201. The van der Waals surface area contributed by atoms with E-state index in [-0.39, 0.29) is 59.9 Å². The Morgan fingerprint density at radius 3 is 1.33 bits per heavy atom. The molecular formula is C60H59Cl3FN15S3. The number of piperidine rings is 3. The quantitative estimate of drug-likeness (QED) is 0.104. The van der Waals surface area contributed by atoms with Gasteiger partial charge in [0.05, 0.1) is 74.4 Å². The molecule has 22 heteroatoms. The number of nitriles is 3. The summed E-state index contributed by atoms with van der Waals surface area (Å²) in [7, 11) is 0. The number of nitrogens with one attached hydrogen (secondary N) is 3. The zero-order valence-electron chi connectivity index (χ0n) is 88.2. The van der Waals surface area contributed by atoms with E-state index in [2.05, 4.69) is 29.9 Å². The largest absolute Gasteiger partial charge is 0.367 e. The average Bonchev–Trinajstić information content (AvgIpc) is 0.814. The van der Waals surface area contributed by atoms with Gasteiger partial charge < -0.3 is 15.9 Å².